The lowest BCUT2D eigenvalue weighted by Gasteiger charge is -2.22. The predicted octanol–water partition coefficient (Wildman–Crippen LogP) is 2.02. The fraction of sp³-hybridized carbons (Fsp3) is 1.00. The normalized spacial score (nSPS) is 23.8. The number of nitrogens with one attached hydrogen (secondary N) is 1. The molecule has 0 bridgehead atoms. The van der Waals surface area contributed by atoms with Crippen LogP contribution in [0.15, 0.2) is 0 Å². The highest BCUT2D eigenvalue weighted by atomic mass is 32.2. The third-order valence-electron chi connectivity index (χ3n) is 2.56. The van der Waals surface area contributed by atoms with Gasteiger partial charge >= 0.3 is 0 Å². The summed E-state index contributed by atoms with van der Waals surface area (Å²) < 4.78 is 0. The second-order valence-electron chi connectivity index (χ2n) is 4.76. The van der Waals surface area contributed by atoms with Gasteiger partial charge in [-0.3, -0.25) is 0 Å². The topological polar surface area (TPSA) is 32.3 Å². The average Bonchev–Trinajstić information content (AvgIpc) is 2.13. The summed E-state index contributed by atoms with van der Waals surface area (Å²) in [5.41, 5.74) is -0.521. The molecule has 0 aromatic rings. The molecule has 0 amide bonds. The molecule has 1 fully saturated rings. The van der Waals surface area contributed by atoms with Gasteiger partial charge in [0, 0.05) is 11.8 Å². The van der Waals surface area contributed by atoms with E-state index in [4.69, 9.17) is 0 Å². The standard InChI is InChI=1S/C11H23NOS/c1-11(2,13)6-7-12-9-10-5-3-4-8-14-10/h10,12-13H,3-9H2,1-2H3. The van der Waals surface area contributed by atoms with Gasteiger partial charge in [-0.25, -0.2) is 0 Å². The molecule has 14 heavy (non-hydrogen) atoms. The van der Waals surface area contributed by atoms with Crippen LogP contribution in [0, 0.1) is 0 Å². The summed E-state index contributed by atoms with van der Waals surface area (Å²) >= 11 is 2.10. The molecule has 1 unspecified atom stereocenters. The molecule has 0 spiro atoms. The molecule has 1 atom stereocenters. The van der Waals surface area contributed by atoms with E-state index < -0.39 is 5.60 Å². The third kappa shape index (κ3) is 5.89. The van der Waals surface area contributed by atoms with Crippen LogP contribution in [-0.2, 0) is 0 Å². The SMILES string of the molecule is CC(C)(O)CCNCC1CCCCS1. The molecule has 84 valence electrons. The van der Waals surface area contributed by atoms with E-state index >= 15 is 0 Å². The summed E-state index contributed by atoms with van der Waals surface area (Å²) in [4.78, 5) is 0. The Bertz CT molecular complexity index is 150. The first-order valence-electron chi connectivity index (χ1n) is 5.63. The number of aliphatic hydroxyl groups is 1. The monoisotopic (exact) mass is 217 g/mol. The molecule has 3 heteroatoms. The molecule has 0 aromatic heterocycles. The zero-order valence-electron chi connectivity index (χ0n) is 9.38. The van der Waals surface area contributed by atoms with Crippen molar-refractivity contribution >= 4 is 11.8 Å². The summed E-state index contributed by atoms with van der Waals surface area (Å²) in [7, 11) is 0. The van der Waals surface area contributed by atoms with Gasteiger partial charge in [-0.1, -0.05) is 6.42 Å². The Hall–Kier alpha value is 0.270. The predicted molar refractivity (Wildman–Crippen MR) is 63.9 cm³/mol. The molecule has 1 rings (SSSR count). The van der Waals surface area contributed by atoms with Gasteiger partial charge < -0.3 is 10.4 Å². The van der Waals surface area contributed by atoms with Crippen LogP contribution >= 0.6 is 11.8 Å². The van der Waals surface area contributed by atoms with E-state index in [0.29, 0.717) is 0 Å². The highest BCUT2D eigenvalue weighted by molar-refractivity contribution is 7.99. The van der Waals surface area contributed by atoms with Gasteiger partial charge in [-0.05, 0) is 45.4 Å². The summed E-state index contributed by atoms with van der Waals surface area (Å²) in [6.07, 6.45) is 4.99. The second-order valence-corrected chi connectivity index (χ2v) is 6.16. The Morgan fingerprint density at radius 3 is 2.79 bits per heavy atom. The summed E-state index contributed by atoms with van der Waals surface area (Å²) in [5.74, 6) is 1.33. The molecule has 1 aliphatic heterocycles. The minimum Gasteiger partial charge on any atom is -0.390 e. The smallest absolute Gasteiger partial charge is 0.0603 e. The molecule has 0 radical (unpaired) electrons. The van der Waals surface area contributed by atoms with Crippen LogP contribution in [0.3, 0.4) is 0 Å². The molecule has 0 aliphatic carbocycles. The van der Waals surface area contributed by atoms with Crippen molar-refractivity contribution in [1.29, 1.82) is 0 Å². The Kier molecular flexibility index (Phi) is 5.28. The van der Waals surface area contributed by atoms with Gasteiger partial charge in [0.25, 0.3) is 0 Å². The van der Waals surface area contributed by atoms with Gasteiger partial charge in [0.15, 0.2) is 0 Å². The van der Waals surface area contributed by atoms with Crippen molar-refractivity contribution in [2.45, 2.75) is 50.4 Å². The van der Waals surface area contributed by atoms with E-state index in [9.17, 15) is 5.11 Å². The van der Waals surface area contributed by atoms with E-state index in [0.717, 1.165) is 24.8 Å². The maximum Gasteiger partial charge on any atom is 0.0603 e. The van der Waals surface area contributed by atoms with Crippen LogP contribution in [0.25, 0.3) is 0 Å². The second kappa shape index (κ2) is 5.99. The fourth-order valence-corrected chi connectivity index (χ4v) is 2.90. The molecule has 1 aliphatic rings. The largest absolute Gasteiger partial charge is 0.390 e. The average molecular weight is 217 g/mol. The van der Waals surface area contributed by atoms with E-state index in [1.54, 1.807) is 0 Å². The fourth-order valence-electron chi connectivity index (χ4n) is 1.63. The van der Waals surface area contributed by atoms with E-state index in [1.807, 2.05) is 13.8 Å². The zero-order chi connectivity index (χ0) is 10.4. The first-order chi connectivity index (χ1) is 6.58. The zero-order valence-corrected chi connectivity index (χ0v) is 10.2. The van der Waals surface area contributed by atoms with Crippen LogP contribution in [0.4, 0.5) is 0 Å². The van der Waals surface area contributed by atoms with E-state index in [2.05, 4.69) is 17.1 Å². The Balaban J connectivity index is 1.97. The Morgan fingerprint density at radius 2 is 2.21 bits per heavy atom. The summed E-state index contributed by atoms with van der Waals surface area (Å²) in [6, 6.07) is 0. The first kappa shape index (κ1) is 12.3. The summed E-state index contributed by atoms with van der Waals surface area (Å²) in [5, 5.41) is 13.8. The van der Waals surface area contributed by atoms with Gasteiger partial charge in [-0.15, -0.1) is 0 Å². The van der Waals surface area contributed by atoms with Crippen LogP contribution in [0.5, 0.6) is 0 Å². The third-order valence-corrected chi connectivity index (χ3v) is 3.96. The quantitative estimate of drug-likeness (QED) is 0.691. The number of hydrogen-bond donors (Lipinski definition) is 2. The number of thioether (sulfide) groups is 1. The Labute approximate surface area is 91.9 Å². The lowest BCUT2D eigenvalue weighted by atomic mass is 10.1. The van der Waals surface area contributed by atoms with Crippen molar-refractivity contribution in [2.24, 2.45) is 0 Å². The van der Waals surface area contributed by atoms with Crippen LogP contribution < -0.4 is 5.32 Å². The summed E-state index contributed by atoms with van der Waals surface area (Å²) in [6.45, 7) is 5.77. The molecule has 1 saturated heterocycles. The van der Waals surface area contributed by atoms with Gasteiger partial charge in [0.2, 0.25) is 0 Å². The molecule has 0 saturated carbocycles. The van der Waals surface area contributed by atoms with Crippen molar-refractivity contribution in [3.05, 3.63) is 0 Å². The molecular formula is C11H23NOS. The lowest BCUT2D eigenvalue weighted by molar-refractivity contribution is 0.0713. The molecular weight excluding hydrogens is 194 g/mol. The van der Waals surface area contributed by atoms with Crippen molar-refractivity contribution < 1.29 is 5.11 Å². The number of rotatable bonds is 5. The number of hydrogen-bond acceptors (Lipinski definition) is 3. The van der Waals surface area contributed by atoms with E-state index in [1.165, 1.54) is 25.0 Å². The van der Waals surface area contributed by atoms with Crippen molar-refractivity contribution in [3.63, 3.8) is 0 Å². The molecule has 0 aromatic carbocycles. The van der Waals surface area contributed by atoms with Crippen LogP contribution in [0.2, 0.25) is 0 Å². The van der Waals surface area contributed by atoms with Crippen molar-refractivity contribution in [2.75, 3.05) is 18.8 Å². The van der Waals surface area contributed by atoms with E-state index in [-0.39, 0.29) is 0 Å². The van der Waals surface area contributed by atoms with Crippen LogP contribution in [0.1, 0.15) is 39.5 Å². The first-order valence-corrected chi connectivity index (χ1v) is 6.67. The highest BCUT2D eigenvalue weighted by Gasteiger charge is 2.14. The molecule has 2 N–H and O–H groups in total. The van der Waals surface area contributed by atoms with Gasteiger partial charge in [0.1, 0.15) is 0 Å². The minimum absolute atomic E-state index is 0.521. The Morgan fingerprint density at radius 1 is 1.43 bits per heavy atom. The maximum absolute atomic E-state index is 9.51. The van der Waals surface area contributed by atoms with Crippen molar-refractivity contribution in [3.8, 4) is 0 Å². The molecule has 2 nitrogen and oxygen atoms in total. The van der Waals surface area contributed by atoms with Gasteiger partial charge in [0.05, 0.1) is 5.60 Å². The van der Waals surface area contributed by atoms with Crippen molar-refractivity contribution in [1.82, 2.24) is 5.32 Å². The molecule has 1 heterocycles. The minimum atomic E-state index is -0.521. The lowest BCUT2D eigenvalue weighted by Crippen LogP contribution is -2.31. The highest BCUT2D eigenvalue weighted by Crippen LogP contribution is 2.24. The van der Waals surface area contributed by atoms with Gasteiger partial charge in [-0.2, -0.15) is 11.8 Å². The van der Waals surface area contributed by atoms with Crippen LogP contribution in [-0.4, -0.2) is 34.8 Å². The maximum atomic E-state index is 9.51.